The summed E-state index contributed by atoms with van der Waals surface area (Å²) in [7, 11) is 2.21. The Morgan fingerprint density at radius 1 is 1.10 bits per heavy atom. The number of thiocarbonyl (C=S) groups is 1. The van der Waals surface area contributed by atoms with Crippen molar-refractivity contribution in [1.29, 1.82) is 0 Å². The molecule has 0 bridgehead atoms. The molecular formula is C25H35N3S. The molecule has 1 fully saturated rings. The maximum Gasteiger partial charge on any atom is 0.173 e. The molecule has 1 heterocycles. The van der Waals surface area contributed by atoms with E-state index in [1.165, 1.54) is 16.7 Å². The van der Waals surface area contributed by atoms with Crippen LogP contribution in [-0.2, 0) is 6.42 Å². The summed E-state index contributed by atoms with van der Waals surface area (Å²) in [5, 5.41) is 4.49. The normalized spacial score (nSPS) is 15.5. The fraction of sp³-hybridized carbons (Fsp3) is 0.480. The van der Waals surface area contributed by atoms with E-state index in [9.17, 15) is 0 Å². The number of anilines is 1. The van der Waals surface area contributed by atoms with Crippen molar-refractivity contribution >= 4 is 23.0 Å². The molecule has 3 rings (SSSR count). The highest BCUT2D eigenvalue weighted by molar-refractivity contribution is 7.80. The highest BCUT2D eigenvalue weighted by Gasteiger charge is 2.25. The molecular weight excluding hydrogens is 374 g/mol. The van der Waals surface area contributed by atoms with Crippen LogP contribution in [0.2, 0.25) is 0 Å². The number of piperidine rings is 1. The molecule has 29 heavy (non-hydrogen) atoms. The Hall–Kier alpha value is -1.91. The van der Waals surface area contributed by atoms with Gasteiger partial charge in [-0.2, -0.15) is 0 Å². The largest absolute Gasteiger partial charge is 0.346 e. The van der Waals surface area contributed by atoms with Crippen LogP contribution < -0.4 is 5.32 Å². The van der Waals surface area contributed by atoms with Crippen LogP contribution in [0.4, 0.5) is 5.69 Å². The van der Waals surface area contributed by atoms with E-state index < -0.39 is 0 Å². The standard InChI is InChI=1S/C25H35N3S/c1-19(2)24-20(3)9-8-12-23(24)26-25(29)28(22-14-16-27(4)17-15-22)18-13-21-10-6-5-7-11-21/h5-12,19,22H,13-18H2,1-4H3,(H,26,29). The van der Waals surface area contributed by atoms with Crippen molar-refractivity contribution in [3.05, 3.63) is 65.2 Å². The van der Waals surface area contributed by atoms with Crippen molar-refractivity contribution in [3.63, 3.8) is 0 Å². The van der Waals surface area contributed by atoms with Gasteiger partial charge in [-0.25, -0.2) is 0 Å². The van der Waals surface area contributed by atoms with Crippen molar-refractivity contribution in [2.24, 2.45) is 0 Å². The lowest BCUT2D eigenvalue weighted by molar-refractivity contribution is 0.178. The Morgan fingerprint density at radius 3 is 2.45 bits per heavy atom. The third kappa shape index (κ3) is 5.80. The zero-order valence-electron chi connectivity index (χ0n) is 18.3. The minimum atomic E-state index is 0.461. The second-order valence-corrected chi connectivity index (χ2v) is 8.97. The number of aryl methyl sites for hydroxylation is 1. The topological polar surface area (TPSA) is 18.5 Å². The molecule has 3 nitrogen and oxygen atoms in total. The SMILES string of the molecule is Cc1cccc(NC(=S)N(CCc2ccccc2)C2CCN(C)CC2)c1C(C)C. The first-order valence-electron chi connectivity index (χ1n) is 10.8. The van der Waals surface area contributed by atoms with E-state index in [4.69, 9.17) is 12.2 Å². The summed E-state index contributed by atoms with van der Waals surface area (Å²) in [5.41, 5.74) is 5.21. The van der Waals surface area contributed by atoms with Gasteiger partial charge in [-0.1, -0.05) is 56.3 Å². The van der Waals surface area contributed by atoms with Gasteiger partial charge in [0.2, 0.25) is 0 Å². The predicted octanol–water partition coefficient (Wildman–Crippen LogP) is 5.45. The lowest BCUT2D eigenvalue weighted by atomic mass is 9.96. The zero-order valence-corrected chi connectivity index (χ0v) is 19.1. The highest BCUT2D eigenvalue weighted by Crippen LogP contribution is 2.28. The Bertz CT molecular complexity index is 795. The first kappa shape index (κ1) is 21.8. The molecule has 1 N–H and O–H groups in total. The number of rotatable bonds is 6. The van der Waals surface area contributed by atoms with Gasteiger partial charge < -0.3 is 15.1 Å². The van der Waals surface area contributed by atoms with Gasteiger partial charge in [-0.05, 0) is 87.2 Å². The molecule has 156 valence electrons. The van der Waals surface area contributed by atoms with Crippen LogP contribution in [0.3, 0.4) is 0 Å². The van der Waals surface area contributed by atoms with Crippen LogP contribution in [0, 0.1) is 6.92 Å². The summed E-state index contributed by atoms with van der Waals surface area (Å²) >= 11 is 5.97. The molecule has 0 saturated carbocycles. The predicted molar refractivity (Wildman–Crippen MR) is 129 cm³/mol. The highest BCUT2D eigenvalue weighted by atomic mass is 32.1. The Labute approximate surface area is 182 Å². The first-order valence-corrected chi connectivity index (χ1v) is 11.3. The summed E-state index contributed by atoms with van der Waals surface area (Å²) < 4.78 is 0. The number of likely N-dealkylation sites (tertiary alicyclic amines) is 1. The third-order valence-electron chi connectivity index (χ3n) is 6.02. The molecule has 1 aliphatic heterocycles. The minimum Gasteiger partial charge on any atom is -0.346 e. The van der Waals surface area contributed by atoms with E-state index in [2.05, 4.69) is 91.5 Å². The van der Waals surface area contributed by atoms with Crippen LogP contribution in [-0.4, -0.2) is 47.6 Å². The third-order valence-corrected chi connectivity index (χ3v) is 6.35. The van der Waals surface area contributed by atoms with Gasteiger partial charge in [-0.3, -0.25) is 0 Å². The zero-order chi connectivity index (χ0) is 20.8. The number of benzene rings is 2. The van der Waals surface area contributed by atoms with Gasteiger partial charge in [0.15, 0.2) is 5.11 Å². The van der Waals surface area contributed by atoms with Crippen molar-refractivity contribution in [2.75, 3.05) is 32.0 Å². The smallest absolute Gasteiger partial charge is 0.173 e. The van der Waals surface area contributed by atoms with Crippen LogP contribution in [0.5, 0.6) is 0 Å². The van der Waals surface area contributed by atoms with Gasteiger partial charge in [0.05, 0.1) is 0 Å². The summed E-state index contributed by atoms with van der Waals surface area (Å²) in [5.74, 6) is 0.461. The maximum absolute atomic E-state index is 5.97. The van der Waals surface area contributed by atoms with Gasteiger partial charge in [-0.15, -0.1) is 0 Å². The molecule has 2 aromatic carbocycles. The average molecular weight is 410 g/mol. The first-order chi connectivity index (χ1) is 14.0. The number of hydrogen-bond acceptors (Lipinski definition) is 2. The summed E-state index contributed by atoms with van der Waals surface area (Å²) in [6.07, 6.45) is 3.34. The Morgan fingerprint density at radius 2 is 1.79 bits per heavy atom. The molecule has 0 unspecified atom stereocenters. The summed E-state index contributed by atoms with van der Waals surface area (Å²) in [4.78, 5) is 4.86. The molecule has 0 aromatic heterocycles. The molecule has 0 atom stereocenters. The quantitative estimate of drug-likeness (QED) is 0.639. The van der Waals surface area contributed by atoms with E-state index in [1.54, 1.807) is 0 Å². The fourth-order valence-electron chi connectivity index (χ4n) is 4.39. The fourth-order valence-corrected chi connectivity index (χ4v) is 4.74. The van der Waals surface area contributed by atoms with E-state index in [-0.39, 0.29) is 0 Å². The van der Waals surface area contributed by atoms with Crippen molar-refractivity contribution in [1.82, 2.24) is 9.80 Å². The molecule has 0 spiro atoms. The lowest BCUT2D eigenvalue weighted by Crippen LogP contribution is -2.48. The van der Waals surface area contributed by atoms with Crippen molar-refractivity contribution in [2.45, 2.75) is 52.0 Å². The summed E-state index contributed by atoms with van der Waals surface area (Å²) in [6, 6.07) is 17.7. The van der Waals surface area contributed by atoms with Crippen LogP contribution in [0.1, 0.15) is 49.3 Å². The average Bonchev–Trinajstić information content (AvgIpc) is 2.70. The van der Waals surface area contributed by atoms with E-state index in [1.807, 2.05) is 0 Å². The number of nitrogens with zero attached hydrogens (tertiary/aromatic N) is 2. The maximum atomic E-state index is 5.97. The minimum absolute atomic E-state index is 0.461. The van der Waals surface area contributed by atoms with Gasteiger partial charge >= 0.3 is 0 Å². The monoisotopic (exact) mass is 409 g/mol. The Kier molecular flexibility index (Phi) is 7.68. The molecule has 2 aromatic rings. The Balaban J connectivity index is 1.77. The van der Waals surface area contributed by atoms with Crippen LogP contribution in [0.25, 0.3) is 0 Å². The molecule has 1 aliphatic rings. The molecule has 4 heteroatoms. The second kappa shape index (κ2) is 10.2. The molecule has 0 amide bonds. The number of hydrogen-bond donors (Lipinski definition) is 1. The number of nitrogens with one attached hydrogen (secondary N) is 1. The van der Waals surface area contributed by atoms with Crippen molar-refractivity contribution in [3.8, 4) is 0 Å². The van der Waals surface area contributed by atoms with Gasteiger partial charge in [0.25, 0.3) is 0 Å². The van der Waals surface area contributed by atoms with Gasteiger partial charge in [0.1, 0.15) is 0 Å². The van der Waals surface area contributed by atoms with Gasteiger partial charge in [0, 0.05) is 18.3 Å². The van der Waals surface area contributed by atoms with E-state index in [0.29, 0.717) is 12.0 Å². The van der Waals surface area contributed by atoms with Crippen LogP contribution in [0.15, 0.2) is 48.5 Å². The lowest BCUT2D eigenvalue weighted by Gasteiger charge is -2.39. The second-order valence-electron chi connectivity index (χ2n) is 8.58. The molecule has 1 saturated heterocycles. The van der Waals surface area contributed by atoms with Crippen LogP contribution >= 0.6 is 12.2 Å². The summed E-state index contributed by atoms with van der Waals surface area (Å²) in [6.45, 7) is 9.91. The van der Waals surface area contributed by atoms with Crippen molar-refractivity contribution < 1.29 is 0 Å². The van der Waals surface area contributed by atoms with E-state index >= 15 is 0 Å². The van der Waals surface area contributed by atoms with E-state index in [0.717, 1.165) is 49.7 Å². The molecule has 0 radical (unpaired) electrons. The molecule has 0 aliphatic carbocycles.